The Morgan fingerprint density at radius 1 is 1.22 bits per heavy atom. The van der Waals surface area contributed by atoms with E-state index in [-0.39, 0.29) is 6.42 Å². The van der Waals surface area contributed by atoms with Crippen LogP contribution in [-0.2, 0) is 20.8 Å². The maximum Gasteiger partial charge on any atom is 0.332 e. The number of H-pyrrole nitrogens is 1. The van der Waals surface area contributed by atoms with Gasteiger partial charge < -0.3 is 10.1 Å². The number of rotatable bonds is 5. The third-order valence-corrected chi connectivity index (χ3v) is 4.56. The number of nitrogens with zero attached hydrogens (tertiary/aromatic N) is 3. The van der Waals surface area contributed by atoms with E-state index in [1.54, 1.807) is 6.20 Å². The molecule has 2 N–H and O–H groups in total. The molecule has 1 aliphatic rings. The minimum atomic E-state index is -1.32. The third kappa shape index (κ3) is 3.31. The van der Waals surface area contributed by atoms with Crippen LogP contribution in [0.3, 0.4) is 0 Å². The Hall–Kier alpha value is -3.49. The van der Waals surface area contributed by atoms with Crippen molar-refractivity contribution in [3.05, 3.63) is 36.0 Å². The van der Waals surface area contributed by atoms with Gasteiger partial charge in [0.2, 0.25) is 11.8 Å². The number of aromatic amines is 1. The molecule has 1 saturated heterocycles. The molecule has 1 fully saturated rings. The van der Waals surface area contributed by atoms with Crippen LogP contribution in [0.1, 0.15) is 5.56 Å². The fraction of sp³-hybridized carbons (Fsp3) is 0.278. The van der Waals surface area contributed by atoms with E-state index in [1.165, 1.54) is 14.1 Å². The quantitative estimate of drug-likeness (QED) is 0.598. The summed E-state index contributed by atoms with van der Waals surface area (Å²) in [5.74, 6) is -3.96. The number of imide groups is 2. The third-order valence-electron chi connectivity index (χ3n) is 4.56. The second kappa shape index (κ2) is 7.02. The first kappa shape index (κ1) is 18.3. The molecule has 1 aromatic heterocycles. The minimum Gasteiger partial charge on any atom is -0.480 e. The number of barbiturate groups is 1. The first-order valence-electron chi connectivity index (χ1n) is 8.21. The number of benzene rings is 1. The lowest BCUT2D eigenvalue weighted by Crippen LogP contribution is -2.57. The Bertz CT molecular complexity index is 940. The molecule has 0 aliphatic carbocycles. The SMILES string of the molecule is CN1C(=O)C(C=N[C@@H](Cc2c[nH]c3ccccc23)C(=O)O)C(=O)N(C)C1=O. The number of aromatic nitrogens is 1. The molecule has 140 valence electrons. The second-order valence-corrected chi connectivity index (χ2v) is 6.27. The van der Waals surface area contributed by atoms with E-state index in [2.05, 4.69) is 9.98 Å². The van der Waals surface area contributed by atoms with Gasteiger partial charge in [0.05, 0.1) is 0 Å². The molecule has 0 saturated carbocycles. The summed E-state index contributed by atoms with van der Waals surface area (Å²) in [6.45, 7) is 0. The van der Waals surface area contributed by atoms with Crippen molar-refractivity contribution in [1.29, 1.82) is 0 Å². The standard InChI is InChI=1S/C18H18N4O5/c1-21-15(23)12(16(24)22(2)18(21)27)9-20-14(17(25)26)7-10-8-19-13-6-4-3-5-11(10)13/h3-6,8-9,12,14,19H,7H2,1-2H3,(H,25,26)/t14-/m0/s1. The van der Waals surface area contributed by atoms with Gasteiger partial charge in [0.15, 0.2) is 12.0 Å². The van der Waals surface area contributed by atoms with Crippen molar-refractivity contribution in [3.8, 4) is 0 Å². The molecule has 1 aliphatic heterocycles. The van der Waals surface area contributed by atoms with E-state index in [1.807, 2.05) is 24.3 Å². The highest BCUT2D eigenvalue weighted by molar-refractivity contribution is 6.23. The van der Waals surface area contributed by atoms with E-state index in [0.717, 1.165) is 32.5 Å². The van der Waals surface area contributed by atoms with E-state index < -0.39 is 35.8 Å². The number of carbonyl (C=O) groups is 4. The average molecular weight is 370 g/mol. The molecule has 3 rings (SSSR count). The van der Waals surface area contributed by atoms with Crippen LogP contribution in [0.5, 0.6) is 0 Å². The predicted octanol–water partition coefficient (Wildman–Crippen LogP) is 0.901. The summed E-state index contributed by atoms with van der Waals surface area (Å²) >= 11 is 0. The summed E-state index contributed by atoms with van der Waals surface area (Å²) in [6.07, 6.45) is 2.83. The van der Waals surface area contributed by atoms with E-state index >= 15 is 0 Å². The molecule has 0 unspecified atom stereocenters. The fourth-order valence-corrected chi connectivity index (χ4v) is 2.97. The summed E-state index contributed by atoms with van der Waals surface area (Å²) < 4.78 is 0. The number of amides is 4. The lowest BCUT2D eigenvalue weighted by molar-refractivity contribution is -0.144. The van der Waals surface area contributed by atoms with Gasteiger partial charge in [-0.2, -0.15) is 0 Å². The number of hydrogen-bond donors (Lipinski definition) is 2. The van der Waals surface area contributed by atoms with Crippen molar-refractivity contribution in [2.75, 3.05) is 14.1 Å². The van der Waals surface area contributed by atoms with Gasteiger partial charge in [-0.15, -0.1) is 0 Å². The van der Waals surface area contributed by atoms with Crippen molar-refractivity contribution >= 4 is 40.9 Å². The molecule has 0 spiro atoms. The molecule has 0 radical (unpaired) electrons. The van der Waals surface area contributed by atoms with Gasteiger partial charge in [-0.3, -0.25) is 24.4 Å². The molecular weight excluding hydrogens is 352 g/mol. The van der Waals surface area contributed by atoms with Crippen LogP contribution >= 0.6 is 0 Å². The van der Waals surface area contributed by atoms with Gasteiger partial charge in [0, 0.05) is 43.8 Å². The maximum absolute atomic E-state index is 12.2. The Labute approximate surface area is 154 Å². The number of carbonyl (C=O) groups excluding carboxylic acids is 3. The highest BCUT2D eigenvalue weighted by Gasteiger charge is 2.41. The molecule has 9 heteroatoms. The number of aliphatic imine (C=N–C) groups is 1. The smallest absolute Gasteiger partial charge is 0.332 e. The molecular formula is C18H18N4O5. The number of para-hydroxylation sites is 1. The van der Waals surface area contributed by atoms with Crippen molar-refractivity contribution in [3.63, 3.8) is 0 Å². The number of carboxylic acids is 1. The van der Waals surface area contributed by atoms with E-state index in [4.69, 9.17) is 0 Å². The average Bonchev–Trinajstić information content (AvgIpc) is 3.06. The van der Waals surface area contributed by atoms with Crippen molar-refractivity contribution in [1.82, 2.24) is 14.8 Å². The van der Waals surface area contributed by atoms with Crippen LogP contribution in [0.4, 0.5) is 4.79 Å². The highest BCUT2D eigenvalue weighted by atomic mass is 16.4. The number of nitrogens with one attached hydrogen (secondary N) is 1. The lowest BCUT2D eigenvalue weighted by Gasteiger charge is -2.31. The van der Waals surface area contributed by atoms with Gasteiger partial charge in [-0.1, -0.05) is 18.2 Å². The van der Waals surface area contributed by atoms with Crippen LogP contribution in [0.2, 0.25) is 0 Å². The summed E-state index contributed by atoms with van der Waals surface area (Å²) in [7, 11) is 2.52. The summed E-state index contributed by atoms with van der Waals surface area (Å²) in [5, 5.41) is 10.4. The number of aliphatic carboxylic acids is 1. The minimum absolute atomic E-state index is 0.0928. The zero-order valence-electron chi connectivity index (χ0n) is 14.7. The largest absolute Gasteiger partial charge is 0.480 e. The van der Waals surface area contributed by atoms with E-state index in [9.17, 15) is 24.3 Å². The molecule has 2 heterocycles. The molecule has 1 atom stereocenters. The van der Waals surface area contributed by atoms with Gasteiger partial charge in [-0.25, -0.2) is 9.59 Å². The summed E-state index contributed by atoms with van der Waals surface area (Å²) in [4.78, 5) is 56.4. The van der Waals surface area contributed by atoms with Crippen LogP contribution in [-0.4, -0.2) is 70.1 Å². The second-order valence-electron chi connectivity index (χ2n) is 6.27. The fourth-order valence-electron chi connectivity index (χ4n) is 2.97. The maximum atomic E-state index is 12.2. The number of fused-ring (bicyclic) bond motifs is 1. The van der Waals surface area contributed by atoms with Crippen molar-refractivity contribution in [2.45, 2.75) is 12.5 Å². The van der Waals surface area contributed by atoms with Gasteiger partial charge >= 0.3 is 12.0 Å². The topological polar surface area (TPSA) is 123 Å². The Morgan fingerprint density at radius 2 is 1.85 bits per heavy atom. The first-order valence-corrected chi connectivity index (χ1v) is 8.21. The van der Waals surface area contributed by atoms with Crippen LogP contribution in [0, 0.1) is 5.92 Å². The molecule has 0 bridgehead atoms. The molecule has 9 nitrogen and oxygen atoms in total. The van der Waals surface area contributed by atoms with Crippen LogP contribution < -0.4 is 0 Å². The molecule has 4 amide bonds. The predicted molar refractivity (Wildman–Crippen MR) is 96.3 cm³/mol. The zero-order valence-corrected chi connectivity index (χ0v) is 14.7. The lowest BCUT2D eigenvalue weighted by atomic mass is 10.0. The highest BCUT2D eigenvalue weighted by Crippen LogP contribution is 2.20. The van der Waals surface area contributed by atoms with Crippen LogP contribution in [0.25, 0.3) is 10.9 Å². The van der Waals surface area contributed by atoms with Crippen molar-refractivity contribution in [2.24, 2.45) is 10.9 Å². The first-order chi connectivity index (χ1) is 12.8. The molecule has 1 aromatic carbocycles. The normalized spacial score (nSPS) is 17.3. The summed E-state index contributed by atoms with van der Waals surface area (Å²) in [6, 6.07) is 5.55. The zero-order chi connectivity index (χ0) is 19.7. The number of carboxylic acid groups (broad SMARTS) is 1. The Morgan fingerprint density at radius 3 is 2.48 bits per heavy atom. The van der Waals surface area contributed by atoms with E-state index in [0.29, 0.717) is 0 Å². The Balaban J connectivity index is 1.84. The van der Waals surface area contributed by atoms with Gasteiger partial charge in [0.25, 0.3) is 0 Å². The number of hydrogen-bond acceptors (Lipinski definition) is 5. The van der Waals surface area contributed by atoms with Gasteiger partial charge in [0.1, 0.15) is 0 Å². The monoisotopic (exact) mass is 370 g/mol. The summed E-state index contributed by atoms with van der Waals surface area (Å²) in [5.41, 5.74) is 1.64. The molecule has 27 heavy (non-hydrogen) atoms. The number of urea groups is 1. The van der Waals surface area contributed by atoms with Gasteiger partial charge in [-0.05, 0) is 11.6 Å². The molecule has 2 aromatic rings. The Kier molecular flexibility index (Phi) is 4.76. The van der Waals surface area contributed by atoms with Crippen molar-refractivity contribution < 1.29 is 24.3 Å². The van der Waals surface area contributed by atoms with Crippen LogP contribution in [0.15, 0.2) is 35.5 Å².